The van der Waals surface area contributed by atoms with Crippen molar-refractivity contribution in [1.82, 2.24) is 20.0 Å². The van der Waals surface area contributed by atoms with Crippen LogP contribution in [0.4, 0.5) is 5.82 Å². The van der Waals surface area contributed by atoms with Crippen molar-refractivity contribution in [3.8, 4) is 0 Å². The molecule has 1 atom stereocenters. The predicted octanol–water partition coefficient (Wildman–Crippen LogP) is 0.561. The van der Waals surface area contributed by atoms with Crippen molar-refractivity contribution in [2.45, 2.75) is 20.0 Å². The molecule has 0 amide bonds. The summed E-state index contributed by atoms with van der Waals surface area (Å²) in [5.74, 6) is 1.09. The van der Waals surface area contributed by atoms with Gasteiger partial charge in [0.05, 0.1) is 12.7 Å². The summed E-state index contributed by atoms with van der Waals surface area (Å²) in [7, 11) is 0. The number of aromatic nitrogens is 2. The summed E-state index contributed by atoms with van der Waals surface area (Å²) >= 11 is 0. The molecule has 2 saturated heterocycles. The summed E-state index contributed by atoms with van der Waals surface area (Å²) in [6, 6.07) is 2.13. The Hall–Kier alpha value is -1.11. The fraction of sp³-hybridized carbons (Fsp3) is 0.800. The van der Waals surface area contributed by atoms with Gasteiger partial charge in [-0.05, 0) is 13.8 Å². The molecule has 21 heavy (non-hydrogen) atoms. The highest BCUT2D eigenvalue weighted by molar-refractivity contribution is 5.39. The van der Waals surface area contributed by atoms with Crippen LogP contribution in [0.25, 0.3) is 0 Å². The van der Waals surface area contributed by atoms with Crippen molar-refractivity contribution < 1.29 is 4.74 Å². The number of ether oxygens (including phenoxy) is 1. The van der Waals surface area contributed by atoms with Crippen LogP contribution in [0.3, 0.4) is 0 Å². The highest BCUT2D eigenvalue weighted by Crippen LogP contribution is 2.14. The first kappa shape index (κ1) is 14.8. The SMILES string of the molecule is Cc1cc(N2CCN(CCN3CCOC(C)C3)CC2)n[nH]1. The molecule has 2 fully saturated rings. The van der Waals surface area contributed by atoms with Gasteiger partial charge in [0.25, 0.3) is 0 Å². The number of H-pyrrole nitrogens is 1. The van der Waals surface area contributed by atoms with Gasteiger partial charge in [-0.25, -0.2) is 0 Å². The summed E-state index contributed by atoms with van der Waals surface area (Å²) in [5.41, 5.74) is 1.13. The number of rotatable bonds is 4. The molecule has 0 spiro atoms. The Morgan fingerprint density at radius 1 is 1.19 bits per heavy atom. The number of hydrogen-bond acceptors (Lipinski definition) is 5. The van der Waals surface area contributed by atoms with E-state index >= 15 is 0 Å². The largest absolute Gasteiger partial charge is 0.376 e. The molecule has 6 nitrogen and oxygen atoms in total. The number of piperazine rings is 1. The predicted molar refractivity (Wildman–Crippen MR) is 83.8 cm³/mol. The van der Waals surface area contributed by atoms with E-state index in [4.69, 9.17) is 4.74 Å². The first-order valence-corrected chi connectivity index (χ1v) is 8.04. The molecule has 0 radical (unpaired) electrons. The number of morpholine rings is 1. The molecular weight excluding hydrogens is 266 g/mol. The molecule has 1 aromatic rings. The van der Waals surface area contributed by atoms with Crippen LogP contribution in [0, 0.1) is 6.92 Å². The van der Waals surface area contributed by atoms with E-state index in [9.17, 15) is 0 Å². The quantitative estimate of drug-likeness (QED) is 0.879. The maximum Gasteiger partial charge on any atom is 0.150 e. The van der Waals surface area contributed by atoms with Crippen molar-refractivity contribution >= 4 is 5.82 Å². The molecule has 0 saturated carbocycles. The van der Waals surface area contributed by atoms with Crippen molar-refractivity contribution in [3.63, 3.8) is 0 Å². The van der Waals surface area contributed by atoms with E-state index in [-0.39, 0.29) is 0 Å². The molecule has 3 rings (SSSR count). The number of nitrogens with zero attached hydrogens (tertiary/aromatic N) is 4. The fourth-order valence-corrected chi connectivity index (χ4v) is 3.14. The first-order chi connectivity index (χ1) is 10.2. The van der Waals surface area contributed by atoms with Gasteiger partial charge in [0.2, 0.25) is 0 Å². The van der Waals surface area contributed by atoms with Crippen LogP contribution in [-0.4, -0.2) is 85.1 Å². The van der Waals surface area contributed by atoms with Gasteiger partial charge in [0, 0.05) is 64.1 Å². The number of hydrogen-bond donors (Lipinski definition) is 1. The van der Waals surface area contributed by atoms with Gasteiger partial charge < -0.3 is 9.64 Å². The molecule has 1 aromatic heterocycles. The summed E-state index contributed by atoms with van der Waals surface area (Å²) in [6.45, 7) is 14.0. The van der Waals surface area contributed by atoms with Gasteiger partial charge in [-0.2, -0.15) is 5.10 Å². The monoisotopic (exact) mass is 293 g/mol. The Morgan fingerprint density at radius 3 is 2.62 bits per heavy atom. The van der Waals surface area contributed by atoms with E-state index in [0.29, 0.717) is 6.10 Å². The minimum atomic E-state index is 0.388. The zero-order chi connectivity index (χ0) is 14.7. The summed E-state index contributed by atoms with van der Waals surface area (Å²) in [5, 5.41) is 7.38. The van der Waals surface area contributed by atoms with E-state index in [0.717, 1.165) is 63.9 Å². The van der Waals surface area contributed by atoms with Crippen LogP contribution in [-0.2, 0) is 4.74 Å². The molecule has 1 N–H and O–H groups in total. The van der Waals surface area contributed by atoms with Gasteiger partial charge in [0.15, 0.2) is 5.82 Å². The Bertz CT molecular complexity index is 441. The van der Waals surface area contributed by atoms with E-state index in [1.54, 1.807) is 0 Å². The average molecular weight is 293 g/mol. The molecule has 0 aliphatic carbocycles. The highest BCUT2D eigenvalue weighted by Gasteiger charge is 2.21. The lowest BCUT2D eigenvalue weighted by atomic mass is 10.2. The zero-order valence-corrected chi connectivity index (χ0v) is 13.2. The Labute approximate surface area is 127 Å². The van der Waals surface area contributed by atoms with E-state index in [1.165, 1.54) is 6.54 Å². The van der Waals surface area contributed by atoms with Crippen molar-refractivity contribution in [2.75, 3.05) is 63.9 Å². The van der Waals surface area contributed by atoms with Crippen LogP contribution < -0.4 is 4.90 Å². The van der Waals surface area contributed by atoms with Gasteiger partial charge in [-0.15, -0.1) is 0 Å². The van der Waals surface area contributed by atoms with Crippen molar-refractivity contribution in [2.24, 2.45) is 0 Å². The Balaban J connectivity index is 1.39. The topological polar surface area (TPSA) is 47.6 Å². The summed E-state index contributed by atoms with van der Waals surface area (Å²) in [6.07, 6.45) is 0.388. The summed E-state index contributed by atoms with van der Waals surface area (Å²) in [4.78, 5) is 7.46. The van der Waals surface area contributed by atoms with Gasteiger partial charge in [-0.1, -0.05) is 0 Å². The lowest BCUT2D eigenvalue weighted by molar-refractivity contribution is -0.0207. The van der Waals surface area contributed by atoms with E-state index in [2.05, 4.69) is 44.8 Å². The van der Waals surface area contributed by atoms with Crippen LogP contribution in [0.5, 0.6) is 0 Å². The van der Waals surface area contributed by atoms with Gasteiger partial charge >= 0.3 is 0 Å². The van der Waals surface area contributed by atoms with Gasteiger partial charge in [-0.3, -0.25) is 14.9 Å². The fourth-order valence-electron chi connectivity index (χ4n) is 3.14. The van der Waals surface area contributed by atoms with Crippen LogP contribution in [0.1, 0.15) is 12.6 Å². The number of aryl methyl sites for hydroxylation is 1. The van der Waals surface area contributed by atoms with Crippen LogP contribution >= 0.6 is 0 Å². The van der Waals surface area contributed by atoms with E-state index < -0.39 is 0 Å². The molecule has 6 heteroatoms. The molecule has 1 unspecified atom stereocenters. The first-order valence-electron chi connectivity index (χ1n) is 8.04. The maximum atomic E-state index is 5.59. The smallest absolute Gasteiger partial charge is 0.150 e. The van der Waals surface area contributed by atoms with Crippen LogP contribution in [0.15, 0.2) is 6.07 Å². The van der Waals surface area contributed by atoms with Crippen LogP contribution in [0.2, 0.25) is 0 Å². The van der Waals surface area contributed by atoms with Gasteiger partial charge in [0.1, 0.15) is 0 Å². The maximum absolute atomic E-state index is 5.59. The molecule has 2 aliphatic heterocycles. The minimum absolute atomic E-state index is 0.388. The lowest BCUT2D eigenvalue weighted by Gasteiger charge is -2.37. The lowest BCUT2D eigenvalue weighted by Crippen LogP contribution is -2.50. The second kappa shape index (κ2) is 6.77. The normalized spacial score (nSPS) is 25.4. The standard InChI is InChI=1S/C15H27N5O/c1-13-11-15(17-16-13)20-7-5-18(6-8-20)3-4-19-9-10-21-14(2)12-19/h11,14H,3-10,12H2,1-2H3,(H,16,17). The van der Waals surface area contributed by atoms with Crippen molar-refractivity contribution in [1.29, 1.82) is 0 Å². The molecule has 0 bridgehead atoms. The molecule has 3 heterocycles. The number of aromatic amines is 1. The molecular formula is C15H27N5O. The van der Waals surface area contributed by atoms with Crippen molar-refractivity contribution in [3.05, 3.63) is 11.8 Å². The highest BCUT2D eigenvalue weighted by atomic mass is 16.5. The molecule has 0 aromatic carbocycles. The average Bonchev–Trinajstić information content (AvgIpc) is 2.92. The summed E-state index contributed by atoms with van der Waals surface area (Å²) < 4.78 is 5.59. The third kappa shape index (κ3) is 3.96. The van der Waals surface area contributed by atoms with E-state index in [1.807, 2.05) is 0 Å². The Kier molecular flexibility index (Phi) is 4.77. The Morgan fingerprint density at radius 2 is 1.95 bits per heavy atom. The molecule has 118 valence electrons. The zero-order valence-electron chi connectivity index (χ0n) is 13.2. The minimum Gasteiger partial charge on any atom is -0.376 e. The second-order valence-electron chi connectivity index (χ2n) is 6.22. The second-order valence-corrected chi connectivity index (χ2v) is 6.22. The number of anilines is 1. The number of nitrogens with one attached hydrogen (secondary N) is 1. The molecule has 2 aliphatic rings. The third-order valence-corrected chi connectivity index (χ3v) is 4.45. The third-order valence-electron chi connectivity index (χ3n) is 4.45.